The van der Waals surface area contributed by atoms with Crippen molar-refractivity contribution >= 4 is 11.6 Å². The normalized spacial score (nSPS) is 16.7. The first-order valence-electron chi connectivity index (χ1n) is 9.82. The summed E-state index contributed by atoms with van der Waals surface area (Å²) in [7, 11) is 0. The van der Waals surface area contributed by atoms with E-state index in [1.54, 1.807) is 0 Å². The van der Waals surface area contributed by atoms with Crippen LogP contribution in [-0.4, -0.2) is 61.8 Å². The fraction of sp³-hybridized carbons (Fsp3) is 0.650. The van der Waals surface area contributed by atoms with Crippen LogP contribution in [0.25, 0.3) is 0 Å². The van der Waals surface area contributed by atoms with Gasteiger partial charge in [0.25, 0.3) is 0 Å². The zero-order chi connectivity index (χ0) is 18.8. The van der Waals surface area contributed by atoms with Gasteiger partial charge in [0.05, 0.1) is 0 Å². The largest absolute Gasteiger partial charge is 0.396 e. The zero-order valence-corrected chi connectivity index (χ0v) is 16.1. The fourth-order valence-corrected chi connectivity index (χ4v) is 3.39. The van der Waals surface area contributed by atoms with E-state index in [4.69, 9.17) is 4.99 Å². The average Bonchev–Trinajstić information content (AvgIpc) is 2.66. The fourth-order valence-electron chi connectivity index (χ4n) is 3.39. The molecule has 0 radical (unpaired) electrons. The van der Waals surface area contributed by atoms with Gasteiger partial charge in [0.15, 0.2) is 5.96 Å². The van der Waals surface area contributed by atoms with Crippen molar-refractivity contribution < 1.29 is 9.50 Å². The van der Waals surface area contributed by atoms with Crippen LogP contribution in [0.15, 0.2) is 29.3 Å². The third-order valence-corrected chi connectivity index (χ3v) is 4.84. The Bertz CT molecular complexity index is 535. The number of aliphatic imine (C=N–C) groups is 1. The first kappa shape index (κ1) is 20.5. The SMILES string of the molecule is CCCC(CCO)CN=C(NCC)N1CCN(c2ccc(F)cc2)CC1. The van der Waals surface area contributed by atoms with E-state index in [-0.39, 0.29) is 12.4 Å². The second-order valence-corrected chi connectivity index (χ2v) is 6.81. The molecule has 5 nitrogen and oxygen atoms in total. The van der Waals surface area contributed by atoms with Crippen molar-refractivity contribution in [1.29, 1.82) is 0 Å². The molecule has 146 valence electrons. The van der Waals surface area contributed by atoms with E-state index in [9.17, 15) is 9.50 Å². The number of anilines is 1. The number of guanidine groups is 1. The molecule has 1 atom stereocenters. The van der Waals surface area contributed by atoms with E-state index in [2.05, 4.69) is 29.0 Å². The molecule has 1 heterocycles. The van der Waals surface area contributed by atoms with Crippen LogP contribution in [0.5, 0.6) is 0 Å². The van der Waals surface area contributed by atoms with Gasteiger partial charge in [-0.15, -0.1) is 0 Å². The van der Waals surface area contributed by atoms with Crippen LogP contribution in [0, 0.1) is 11.7 Å². The van der Waals surface area contributed by atoms with Gasteiger partial charge < -0.3 is 20.2 Å². The van der Waals surface area contributed by atoms with Crippen LogP contribution in [0.4, 0.5) is 10.1 Å². The summed E-state index contributed by atoms with van der Waals surface area (Å²) >= 11 is 0. The Morgan fingerprint density at radius 3 is 2.42 bits per heavy atom. The molecule has 0 saturated carbocycles. The number of aliphatic hydroxyl groups is 1. The third kappa shape index (κ3) is 6.16. The number of hydrogen-bond acceptors (Lipinski definition) is 3. The zero-order valence-electron chi connectivity index (χ0n) is 16.1. The van der Waals surface area contributed by atoms with Crippen molar-refractivity contribution in [2.75, 3.05) is 50.8 Å². The molecular weight excluding hydrogens is 331 g/mol. The van der Waals surface area contributed by atoms with E-state index in [1.165, 1.54) is 12.1 Å². The highest BCUT2D eigenvalue weighted by molar-refractivity contribution is 5.80. The number of rotatable bonds is 8. The number of aliphatic hydroxyl groups excluding tert-OH is 1. The lowest BCUT2D eigenvalue weighted by molar-refractivity contribution is 0.253. The minimum absolute atomic E-state index is 0.196. The predicted molar refractivity (Wildman–Crippen MR) is 106 cm³/mol. The van der Waals surface area contributed by atoms with Crippen molar-refractivity contribution in [2.45, 2.75) is 33.1 Å². The summed E-state index contributed by atoms with van der Waals surface area (Å²) in [6.45, 7) is 9.66. The molecule has 0 aliphatic carbocycles. The van der Waals surface area contributed by atoms with Crippen LogP contribution < -0.4 is 10.2 Å². The van der Waals surface area contributed by atoms with Gasteiger partial charge in [-0.2, -0.15) is 0 Å². The molecule has 26 heavy (non-hydrogen) atoms. The third-order valence-electron chi connectivity index (χ3n) is 4.84. The van der Waals surface area contributed by atoms with Gasteiger partial charge in [-0.1, -0.05) is 13.3 Å². The Balaban J connectivity index is 1.93. The van der Waals surface area contributed by atoms with Gasteiger partial charge >= 0.3 is 0 Å². The molecule has 0 bridgehead atoms. The van der Waals surface area contributed by atoms with Crippen LogP contribution in [-0.2, 0) is 0 Å². The van der Waals surface area contributed by atoms with Crippen molar-refractivity contribution in [1.82, 2.24) is 10.2 Å². The van der Waals surface area contributed by atoms with Gasteiger partial charge in [-0.25, -0.2) is 4.39 Å². The molecular formula is C20H33FN4O. The van der Waals surface area contributed by atoms with Crippen LogP contribution in [0.2, 0.25) is 0 Å². The van der Waals surface area contributed by atoms with Crippen LogP contribution >= 0.6 is 0 Å². The van der Waals surface area contributed by atoms with E-state index in [1.807, 2.05) is 12.1 Å². The van der Waals surface area contributed by atoms with E-state index in [0.29, 0.717) is 5.92 Å². The topological polar surface area (TPSA) is 51.1 Å². The molecule has 1 aliphatic heterocycles. The molecule has 1 fully saturated rings. The summed E-state index contributed by atoms with van der Waals surface area (Å²) in [5.41, 5.74) is 1.07. The maximum Gasteiger partial charge on any atom is 0.194 e. The summed E-state index contributed by atoms with van der Waals surface area (Å²) in [4.78, 5) is 9.42. The minimum Gasteiger partial charge on any atom is -0.396 e. The first-order chi connectivity index (χ1) is 12.7. The lowest BCUT2D eigenvalue weighted by atomic mass is 10.0. The average molecular weight is 365 g/mol. The van der Waals surface area contributed by atoms with E-state index < -0.39 is 0 Å². The quantitative estimate of drug-likeness (QED) is 0.550. The monoisotopic (exact) mass is 364 g/mol. The molecule has 2 N–H and O–H groups in total. The highest BCUT2D eigenvalue weighted by Crippen LogP contribution is 2.17. The number of nitrogens with zero attached hydrogens (tertiary/aromatic N) is 3. The highest BCUT2D eigenvalue weighted by Gasteiger charge is 2.20. The summed E-state index contributed by atoms with van der Waals surface area (Å²) in [5.74, 6) is 1.21. The number of piperazine rings is 1. The Labute approximate surface area is 156 Å². The number of benzene rings is 1. The summed E-state index contributed by atoms with van der Waals surface area (Å²) < 4.78 is 13.1. The molecule has 2 rings (SSSR count). The van der Waals surface area contributed by atoms with E-state index >= 15 is 0 Å². The van der Waals surface area contributed by atoms with Crippen LogP contribution in [0.1, 0.15) is 33.1 Å². The lowest BCUT2D eigenvalue weighted by Gasteiger charge is -2.37. The standard InChI is InChI=1S/C20H33FN4O/c1-3-5-17(10-15-26)16-23-20(22-4-2)25-13-11-24(12-14-25)19-8-6-18(21)7-9-19/h6-9,17,26H,3-5,10-16H2,1-2H3,(H,22,23). The maximum atomic E-state index is 13.1. The van der Waals surface area contributed by atoms with E-state index in [0.717, 1.165) is 70.2 Å². The van der Waals surface area contributed by atoms with Gasteiger partial charge in [-0.3, -0.25) is 4.99 Å². The van der Waals surface area contributed by atoms with Crippen molar-refractivity contribution in [2.24, 2.45) is 10.9 Å². The molecule has 1 aromatic carbocycles. The first-order valence-corrected chi connectivity index (χ1v) is 9.82. The number of hydrogen-bond donors (Lipinski definition) is 2. The summed E-state index contributed by atoms with van der Waals surface area (Å²) in [6, 6.07) is 6.72. The maximum absolute atomic E-state index is 13.1. The molecule has 0 aromatic heterocycles. The van der Waals surface area contributed by atoms with Crippen molar-refractivity contribution in [3.8, 4) is 0 Å². The van der Waals surface area contributed by atoms with Gasteiger partial charge in [-0.05, 0) is 49.9 Å². The molecule has 1 unspecified atom stereocenters. The molecule has 6 heteroatoms. The van der Waals surface area contributed by atoms with Gasteiger partial charge in [0, 0.05) is 51.6 Å². The second kappa shape index (κ2) is 11.0. The molecule has 1 saturated heterocycles. The van der Waals surface area contributed by atoms with Crippen molar-refractivity contribution in [3.05, 3.63) is 30.1 Å². The predicted octanol–water partition coefficient (Wildman–Crippen LogP) is 2.71. The molecule has 0 amide bonds. The van der Waals surface area contributed by atoms with Gasteiger partial charge in [0.1, 0.15) is 5.82 Å². The smallest absolute Gasteiger partial charge is 0.194 e. The molecule has 0 spiro atoms. The highest BCUT2D eigenvalue weighted by atomic mass is 19.1. The van der Waals surface area contributed by atoms with Gasteiger partial charge in [0.2, 0.25) is 0 Å². The number of halogens is 1. The lowest BCUT2D eigenvalue weighted by Crippen LogP contribution is -2.52. The molecule has 1 aliphatic rings. The Hall–Kier alpha value is -1.82. The Morgan fingerprint density at radius 1 is 1.15 bits per heavy atom. The van der Waals surface area contributed by atoms with Crippen molar-refractivity contribution in [3.63, 3.8) is 0 Å². The second-order valence-electron chi connectivity index (χ2n) is 6.81. The molecule has 1 aromatic rings. The van der Waals surface area contributed by atoms with Crippen LogP contribution in [0.3, 0.4) is 0 Å². The number of nitrogens with one attached hydrogen (secondary N) is 1. The Morgan fingerprint density at radius 2 is 1.85 bits per heavy atom. The Kier molecular flexibility index (Phi) is 8.68. The minimum atomic E-state index is -0.196. The summed E-state index contributed by atoms with van der Waals surface area (Å²) in [5, 5.41) is 12.6. The summed E-state index contributed by atoms with van der Waals surface area (Å²) in [6.07, 6.45) is 3.03.